The van der Waals surface area contributed by atoms with E-state index in [0.717, 1.165) is 17.3 Å². The third-order valence-corrected chi connectivity index (χ3v) is 3.75. The van der Waals surface area contributed by atoms with Crippen LogP contribution in [0.4, 0.5) is 0 Å². The second-order valence-corrected chi connectivity index (χ2v) is 5.36. The van der Waals surface area contributed by atoms with Gasteiger partial charge < -0.3 is 4.98 Å². The van der Waals surface area contributed by atoms with Gasteiger partial charge >= 0.3 is 0 Å². The number of nitrogens with one attached hydrogen (secondary N) is 1. The Kier molecular flexibility index (Phi) is 2.52. The summed E-state index contributed by atoms with van der Waals surface area (Å²) in [4.78, 5) is 2.84. The number of benzene rings is 1. The van der Waals surface area contributed by atoms with Gasteiger partial charge in [-0.3, -0.25) is 0 Å². The monoisotopic (exact) mass is 238 g/mol. The Hall–Kier alpha value is -1.33. The van der Waals surface area contributed by atoms with Crippen molar-refractivity contribution in [2.75, 3.05) is 0 Å². The van der Waals surface area contributed by atoms with Crippen LogP contribution in [0.3, 0.4) is 0 Å². The van der Waals surface area contributed by atoms with Gasteiger partial charge in [-0.25, -0.2) is 13.6 Å². The standard InChI is InChI=1S/C11H14N2O2S/c1-3-8-4-5-10-9(6-8)7(2)11(13-10)16(12,14)15/h4-6,13H,3H2,1-2H3,(H2,12,14,15). The minimum atomic E-state index is -3.67. The highest BCUT2D eigenvalue weighted by Gasteiger charge is 2.16. The first-order valence-electron chi connectivity index (χ1n) is 5.07. The van der Waals surface area contributed by atoms with Crippen LogP contribution in [-0.2, 0) is 16.4 Å². The van der Waals surface area contributed by atoms with Gasteiger partial charge in [-0.15, -0.1) is 0 Å². The molecule has 0 saturated heterocycles. The van der Waals surface area contributed by atoms with E-state index in [4.69, 9.17) is 5.14 Å². The zero-order valence-electron chi connectivity index (χ0n) is 9.24. The van der Waals surface area contributed by atoms with Crippen molar-refractivity contribution in [1.82, 2.24) is 4.98 Å². The molecule has 0 aliphatic carbocycles. The highest BCUT2D eigenvalue weighted by Crippen LogP contribution is 2.25. The summed E-state index contributed by atoms with van der Waals surface area (Å²) in [6.45, 7) is 3.82. The molecule has 0 radical (unpaired) electrons. The Morgan fingerprint density at radius 2 is 2.06 bits per heavy atom. The molecule has 3 N–H and O–H groups in total. The van der Waals surface area contributed by atoms with Crippen molar-refractivity contribution in [3.63, 3.8) is 0 Å². The molecule has 1 aromatic carbocycles. The van der Waals surface area contributed by atoms with Crippen molar-refractivity contribution in [2.45, 2.75) is 25.3 Å². The van der Waals surface area contributed by atoms with Gasteiger partial charge in [0.2, 0.25) is 0 Å². The SMILES string of the molecule is CCc1ccc2[nH]c(S(N)(=O)=O)c(C)c2c1. The fraction of sp³-hybridized carbons (Fsp3) is 0.273. The quantitative estimate of drug-likeness (QED) is 0.835. The van der Waals surface area contributed by atoms with Gasteiger partial charge in [0, 0.05) is 10.9 Å². The Labute approximate surface area is 94.5 Å². The molecule has 0 unspecified atom stereocenters. The molecule has 4 nitrogen and oxygen atoms in total. The molecule has 0 aliphatic rings. The number of hydrogen-bond acceptors (Lipinski definition) is 2. The second kappa shape index (κ2) is 3.61. The summed E-state index contributed by atoms with van der Waals surface area (Å²) in [5, 5.41) is 6.16. The van der Waals surface area contributed by atoms with E-state index in [1.807, 2.05) is 18.2 Å². The van der Waals surface area contributed by atoms with E-state index in [9.17, 15) is 8.42 Å². The maximum absolute atomic E-state index is 11.3. The maximum atomic E-state index is 11.3. The summed E-state index contributed by atoms with van der Waals surface area (Å²) < 4.78 is 22.6. The lowest BCUT2D eigenvalue weighted by molar-refractivity contribution is 0.594. The van der Waals surface area contributed by atoms with E-state index in [1.165, 1.54) is 5.56 Å². The molecule has 0 fully saturated rings. The molecular formula is C11H14N2O2S. The van der Waals surface area contributed by atoms with Crippen LogP contribution in [0.2, 0.25) is 0 Å². The largest absolute Gasteiger partial charge is 0.344 e. The first-order valence-corrected chi connectivity index (χ1v) is 6.62. The minimum absolute atomic E-state index is 0.107. The number of hydrogen-bond donors (Lipinski definition) is 2. The van der Waals surface area contributed by atoms with Crippen LogP contribution in [0.15, 0.2) is 23.2 Å². The lowest BCUT2D eigenvalue weighted by atomic mass is 10.1. The predicted octanol–water partition coefficient (Wildman–Crippen LogP) is 1.69. The normalized spacial score (nSPS) is 12.2. The highest BCUT2D eigenvalue weighted by molar-refractivity contribution is 7.89. The minimum Gasteiger partial charge on any atom is -0.344 e. The third-order valence-electron chi connectivity index (χ3n) is 2.77. The molecule has 2 rings (SSSR count). The van der Waals surface area contributed by atoms with Gasteiger partial charge in [0.15, 0.2) is 5.03 Å². The average molecular weight is 238 g/mol. The molecule has 0 bridgehead atoms. The van der Waals surface area contributed by atoms with Crippen molar-refractivity contribution in [1.29, 1.82) is 0 Å². The molecule has 0 aliphatic heterocycles. The summed E-state index contributed by atoms with van der Waals surface area (Å²) in [5.41, 5.74) is 2.67. The summed E-state index contributed by atoms with van der Waals surface area (Å²) in [5.74, 6) is 0. The number of sulfonamides is 1. The summed E-state index contributed by atoms with van der Waals surface area (Å²) in [7, 11) is -3.67. The van der Waals surface area contributed by atoms with Crippen LogP contribution < -0.4 is 5.14 Å². The lowest BCUT2D eigenvalue weighted by Gasteiger charge is -1.97. The van der Waals surface area contributed by atoms with Gasteiger partial charge in [-0.2, -0.15) is 0 Å². The number of aromatic nitrogens is 1. The number of aryl methyl sites for hydroxylation is 2. The van der Waals surface area contributed by atoms with Gasteiger partial charge in [0.05, 0.1) is 0 Å². The van der Waals surface area contributed by atoms with Gasteiger partial charge in [-0.1, -0.05) is 13.0 Å². The molecule has 0 spiro atoms. The highest BCUT2D eigenvalue weighted by atomic mass is 32.2. The van der Waals surface area contributed by atoms with E-state index in [-0.39, 0.29) is 5.03 Å². The Balaban J connectivity index is 2.79. The van der Waals surface area contributed by atoms with Crippen LogP contribution in [-0.4, -0.2) is 13.4 Å². The fourth-order valence-corrected chi connectivity index (χ4v) is 2.64. The summed E-state index contributed by atoms with van der Waals surface area (Å²) in [6.07, 6.45) is 0.922. The van der Waals surface area contributed by atoms with E-state index >= 15 is 0 Å². The molecule has 5 heteroatoms. The predicted molar refractivity (Wildman–Crippen MR) is 63.8 cm³/mol. The number of nitrogens with two attached hydrogens (primary N) is 1. The first-order chi connectivity index (χ1) is 7.43. The number of H-pyrrole nitrogens is 1. The average Bonchev–Trinajstić information content (AvgIpc) is 2.55. The second-order valence-electron chi connectivity index (χ2n) is 3.86. The lowest BCUT2D eigenvalue weighted by Crippen LogP contribution is -2.13. The number of aromatic amines is 1. The van der Waals surface area contributed by atoms with Crippen molar-refractivity contribution in [2.24, 2.45) is 5.14 Å². The van der Waals surface area contributed by atoms with Crippen LogP contribution in [0.25, 0.3) is 10.9 Å². The molecule has 2 aromatic rings. The van der Waals surface area contributed by atoms with Crippen LogP contribution in [0, 0.1) is 6.92 Å². The Morgan fingerprint density at radius 1 is 1.38 bits per heavy atom. The fourth-order valence-electron chi connectivity index (χ4n) is 1.85. The molecule has 0 amide bonds. The molecule has 0 saturated carbocycles. The zero-order chi connectivity index (χ0) is 11.9. The van der Waals surface area contributed by atoms with Crippen LogP contribution in [0.1, 0.15) is 18.1 Å². The Bertz CT molecular complexity index is 641. The van der Waals surface area contributed by atoms with Gasteiger partial charge in [0.1, 0.15) is 0 Å². The molecule has 1 heterocycles. The number of rotatable bonds is 2. The first kappa shape index (κ1) is 11.2. The molecular weight excluding hydrogens is 224 g/mol. The van der Waals surface area contributed by atoms with Crippen LogP contribution in [0.5, 0.6) is 0 Å². The number of fused-ring (bicyclic) bond motifs is 1. The van der Waals surface area contributed by atoms with Crippen molar-refractivity contribution in [3.8, 4) is 0 Å². The van der Waals surface area contributed by atoms with Gasteiger partial charge in [0.25, 0.3) is 10.0 Å². The third kappa shape index (κ3) is 1.72. The van der Waals surface area contributed by atoms with E-state index < -0.39 is 10.0 Å². The Morgan fingerprint density at radius 3 is 2.62 bits per heavy atom. The summed E-state index contributed by atoms with van der Waals surface area (Å²) >= 11 is 0. The topological polar surface area (TPSA) is 76.0 Å². The molecule has 16 heavy (non-hydrogen) atoms. The molecule has 1 aromatic heterocycles. The van der Waals surface area contributed by atoms with Crippen molar-refractivity contribution >= 4 is 20.9 Å². The van der Waals surface area contributed by atoms with E-state index in [1.54, 1.807) is 6.92 Å². The van der Waals surface area contributed by atoms with Crippen molar-refractivity contribution < 1.29 is 8.42 Å². The van der Waals surface area contributed by atoms with Crippen molar-refractivity contribution in [3.05, 3.63) is 29.3 Å². The number of primary sulfonamides is 1. The summed E-state index contributed by atoms with van der Waals surface area (Å²) in [6, 6.07) is 5.86. The zero-order valence-corrected chi connectivity index (χ0v) is 10.1. The molecule has 0 atom stereocenters. The maximum Gasteiger partial charge on any atom is 0.253 e. The smallest absolute Gasteiger partial charge is 0.253 e. The molecule has 86 valence electrons. The van der Waals surface area contributed by atoms with E-state index in [2.05, 4.69) is 11.9 Å². The van der Waals surface area contributed by atoms with E-state index in [0.29, 0.717) is 5.56 Å². The van der Waals surface area contributed by atoms with Gasteiger partial charge in [-0.05, 0) is 36.6 Å². The van der Waals surface area contributed by atoms with Crippen LogP contribution >= 0.6 is 0 Å².